The number of rotatable bonds is 8. The number of carbonyl (C=O) groups excluding carboxylic acids is 1. The van der Waals surface area contributed by atoms with Crippen LogP contribution in [0, 0.1) is 0 Å². The predicted molar refractivity (Wildman–Crippen MR) is 126 cm³/mol. The van der Waals surface area contributed by atoms with Crippen LogP contribution in [0.3, 0.4) is 0 Å². The van der Waals surface area contributed by atoms with Gasteiger partial charge in [0.1, 0.15) is 22.9 Å². The number of morpholine rings is 1. The summed E-state index contributed by atoms with van der Waals surface area (Å²) in [6, 6.07) is 12.1. The molecule has 0 atom stereocenters. The van der Waals surface area contributed by atoms with Gasteiger partial charge in [0.05, 0.1) is 33.1 Å². The molecule has 0 unspecified atom stereocenters. The van der Waals surface area contributed by atoms with Crippen LogP contribution in [0.1, 0.15) is 15.9 Å². The van der Waals surface area contributed by atoms with Crippen LogP contribution in [0.25, 0.3) is 0 Å². The quantitative estimate of drug-likeness (QED) is 0.501. The molecule has 2 N–H and O–H groups in total. The minimum absolute atomic E-state index is 0.282. The zero-order valence-electron chi connectivity index (χ0n) is 18.5. The molecule has 1 saturated heterocycles. The Morgan fingerprint density at radius 2 is 1.73 bits per heavy atom. The van der Waals surface area contributed by atoms with Crippen molar-refractivity contribution in [2.45, 2.75) is 6.54 Å². The number of hydrogen-bond acceptors (Lipinski definition) is 8. The van der Waals surface area contributed by atoms with E-state index in [4.69, 9.17) is 14.2 Å². The molecule has 1 fully saturated rings. The van der Waals surface area contributed by atoms with Crippen LogP contribution >= 0.6 is 0 Å². The highest BCUT2D eigenvalue weighted by Crippen LogP contribution is 2.29. The van der Waals surface area contributed by atoms with Gasteiger partial charge in [-0.15, -0.1) is 0 Å². The van der Waals surface area contributed by atoms with E-state index in [0.717, 1.165) is 5.56 Å². The number of hydrogen-bond donors (Lipinski definition) is 2. The van der Waals surface area contributed by atoms with E-state index in [1.807, 2.05) is 4.90 Å². The summed E-state index contributed by atoms with van der Waals surface area (Å²) in [5.74, 6) is 0.836. The van der Waals surface area contributed by atoms with Gasteiger partial charge >= 0.3 is 0 Å². The summed E-state index contributed by atoms with van der Waals surface area (Å²) in [6.07, 6.45) is 0. The molecule has 1 amide bonds. The average molecular weight is 451 g/mol. The zero-order chi connectivity index (χ0) is 23.4. The first-order valence-electron chi connectivity index (χ1n) is 10.5. The monoisotopic (exact) mass is 451 g/mol. The molecule has 4 rings (SSSR count). The Bertz CT molecular complexity index is 1210. The van der Waals surface area contributed by atoms with Gasteiger partial charge in [-0.05, 0) is 29.8 Å². The van der Waals surface area contributed by atoms with Crippen LogP contribution in [-0.2, 0) is 11.3 Å². The second kappa shape index (κ2) is 9.74. The van der Waals surface area contributed by atoms with E-state index in [0.29, 0.717) is 67.0 Å². The second-order valence-corrected chi connectivity index (χ2v) is 7.55. The summed E-state index contributed by atoms with van der Waals surface area (Å²) >= 11 is 0. The van der Waals surface area contributed by atoms with Crippen molar-refractivity contribution in [3.63, 3.8) is 0 Å². The van der Waals surface area contributed by atoms with E-state index in [1.54, 1.807) is 49.6 Å². The van der Waals surface area contributed by atoms with Crippen molar-refractivity contribution in [1.82, 2.24) is 0 Å². The zero-order valence-corrected chi connectivity index (χ0v) is 18.5. The van der Waals surface area contributed by atoms with Gasteiger partial charge in [-0.3, -0.25) is 14.4 Å². The number of benzene rings is 2. The summed E-state index contributed by atoms with van der Waals surface area (Å²) in [7, 11) is 3.08. The molecule has 3 aromatic carbocycles. The smallest absolute Gasteiger partial charge is 0.255 e. The molecule has 33 heavy (non-hydrogen) atoms. The minimum atomic E-state index is -0.499. The molecule has 0 aliphatic carbocycles. The Balaban J connectivity index is 1.39. The largest absolute Gasteiger partial charge is 0.497 e. The maximum Gasteiger partial charge on any atom is 0.255 e. The second-order valence-electron chi connectivity index (χ2n) is 7.55. The maximum absolute atomic E-state index is 12.6. The van der Waals surface area contributed by atoms with Crippen molar-refractivity contribution in [2.75, 3.05) is 56.1 Å². The fourth-order valence-corrected chi connectivity index (χ4v) is 3.69. The van der Waals surface area contributed by atoms with E-state index in [9.17, 15) is 14.4 Å². The molecule has 0 radical (unpaired) electrons. The van der Waals surface area contributed by atoms with Gasteiger partial charge in [0.25, 0.3) is 16.8 Å². The molecule has 0 spiro atoms. The van der Waals surface area contributed by atoms with Crippen LogP contribution in [0.2, 0.25) is 0 Å². The molecule has 1 heterocycles. The standard InChI is InChI=1S/C24H25N3O6/c1-31-17-7-8-18(19(13-17)32-2)26-24(30)16-5-3-15(4-6-16)14-25-20-21(23(29)22(20)28)27-9-11-33-12-10-27/h3-8,13,25H,9-12,14H2,1-2H3,(H,26,30). The molecule has 1 aliphatic rings. The number of amides is 1. The van der Waals surface area contributed by atoms with Gasteiger partial charge in [-0.2, -0.15) is 0 Å². The van der Waals surface area contributed by atoms with Crippen molar-refractivity contribution in [2.24, 2.45) is 0 Å². The lowest BCUT2D eigenvalue weighted by atomic mass is 10.1. The normalized spacial score (nSPS) is 13.6. The first kappa shape index (κ1) is 22.3. The highest BCUT2D eigenvalue weighted by atomic mass is 16.5. The lowest BCUT2D eigenvalue weighted by Gasteiger charge is -2.30. The Labute approximate surface area is 190 Å². The third-order valence-electron chi connectivity index (χ3n) is 5.55. The van der Waals surface area contributed by atoms with Gasteiger partial charge in [0, 0.05) is 31.3 Å². The van der Waals surface area contributed by atoms with E-state index < -0.39 is 10.9 Å². The average Bonchev–Trinajstić information content (AvgIpc) is 2.86. The molecule has 9 heteroatoms. The molecule has 0 saturated carbocycles. The van der Waals surface area contributed by atoms with Crippen molar-refractivity contribution in [3.05, 3.63) is 74.0 Å². The van der Waals surface area contributed by atoms with Crippen LogP contribution in [0.4, 0.5) is 17.1 Å². The number of anilines is 3. The molecule has 9 nitrogen and oxygen atoms in total. The van der Waals surface area contributed by atoms with Gasteiger partial charge in [0.15, 0.2) is 0 Å². The van der Waals surface area contributed by atoms with Crippen molar-refractivity contribution in [1.29, 1.82) is 0 Å². The van der Waals surface area contributed by atoms with Gasteiger partial charge < -0.3 is 29.7 Å². The molecule has 0 aromatic heterocycles. The Morgan fingerprint density at radius 3 is 2.39 bits per heavy atom. The van der Waals surface area contributed by atoms with Crippen molar-refractivity contribution >= 4 is 23.0 Å². The molecular weight excluding hydrogens is 426 g/mol. The Hall–Kier alpha value is -3.85. The SMILES string of the molecule is COc1ccc(NC(=O)c2ccc(CNc3c(N4CCOCC4)c(=O)c3=O)cc2)c(OC)c1. The number of nitrogens with one attached hydrogen (secondary N) is 2. The first-order valence-corrected chi connectivity index (χ1v) is 10.5. The summed E-state index contributed by atoms with van der Waals surface area (Å²) < 4.78 is 15.8. The Kier molecular flexibility index (Phi) is 6.60. The lowest BCUT2D eigenvalue weighted by molar-refractivity contribution is 0.102. The first-order chi connectivity index (χ1) is 16.0. The Morgan fingerprint density at radius 1 is 1.00 bits per heavy atom. The van der Waals surface area contributed by atoms with Crippen LogP contribution in [0.5, 0.6) is 11.5 Å². The number of methoxy groups -OCH3 is 2. The predicted octanol–water partition coefficient (Wildman–Crippen LogP) is 2.00. The van der Waals surface area contributed by atoms with Crippen molar-refractivity contribution in [3.8, 4) is 11.5 Å². The van der Waals surface area contributed by atoms with E-state index in [-0.39, 0.29) is 5.91 Å². The van der Waals surface area contributed by atoms with Crippen LogP contribution < -0.4 is 35.9 Å². The molecule has 0 bridgehead atoms. The number of ether oxygens (including phenoxy) is 3. The molecular formula is C24H25N3O6. The van der Waals surface area contributed by atoms with Gasteiger partial charge in [-0.25, -0.2) is 0 Å². The van der Waals surface area contributed by atoms with Gasteiger partial charge in [0.2, 0.25) is 0 Å². The summed E-state index contributed by atoms with van der Waals surface area (Å²) in [4.78, 5) is 38.6. The lowest BCUT2D eigenvalue weighted by Crippen LogP contribution is -2.46. The third-order valence-corrected chi connectivity index (χ3v) is 5.55. The fourth-order valence-electron chi connectivity index (χ4n) is 3.69. The maximum atomic E-state index is 12.6. The van der Waals surface area contributed by atoms with Crippen molar-refractivity contribution < 1.29 is 19.0 Å². The van der Waals surface area contributed by atoms with E-state index in [2.05, 4.69) is 10.6 Å². The number of carbonyl (C=O) groups is 1. The highest BCUT2D eigenvalue weighted by Gasteiger charge is 2.26. The molecule has 3 aromatic rings. The third kappa shape index (κ3) is 4.68. The topological polar surface area (TPSA) is 106 Å². The number of nitrogens with zero attached hydrogens (tertiary/aromatic N) is 1. The highest BCUT2D eigenvalue weighted by molar-refractivity contribution is 6.05. The molecule has 1 aliphatic heterocycles. The minimum Gasteiger partial charge on any atom is -0.497 e. The van der Waals surface area contributed by atoms with E-state index >= 15 is 0 Å². The summed E-state index contributed by atoms with van der Waals surface area (Å²) in [6.45, 7) is 2.59. The fraction of sp³-hybridized carbons (Fsp3) is 0.292. The molecule has 172 valence electrons. The van der Waals surface area contributed by atoms with Crippen LogP contribution in [0.15, 0.2) is 52.1 Å². The summed E-state index contributed by atoms with van der Waals surface area (Å²) in [5.41, 5.74) is 1.70. The van der Waals surface area contributed by atoms with Gasteiger partial charge in [-0.1, -0.05) is 12.1 Å². The summed E-state index contributed by atoms with van der Waals surface area (Å²) in [5, 5.41) is 5.90. The van der Waals surface area contributed by atoms with E-state index in [1.165, 1.54) is 7.11 Å². The van der Waals surface area contributed by atoms with Crippen LogP contribution in [-0.4, -0.2) is 46.4 Å².